The third-order valence-electron chi connectivity index (χ3n) is 4.17. The van der Waals surface area contributed by atoms with Gasteiger partial charge in [-0.1, -0.05) is 24.3 Å². The molecular weight excluding hydrogens is 249 g/mol. The largest absolute Gasteiger partial charge is 0.318 e. The molecule has 2 rings (SSSR count). The molecular formula is C18H22FN. The lowest BCUT2D eigenvalue weighted by atomic mass is 9.81. The molecule has 2 heteroatoms. The lowest BCUT2D eigenvalue weighted by molar-refractivity contribution is 0.575. The van der Waals surface area contributed by atoms with E-state index in [1.165, 1.54) is 11.1 Å². The van der Waals surface area contributed by atoms with Crippen LogP contribution in [0.4, 0.5) is 4.39 Å². The van der Waals surface area contributed by atoms with Crippen molar-refractivity contribution in [2.24, 2.45) is 5.73 Å². The summed E-state index contributed by atoms with van der Waals surface area (Å²) in [6.45, 7) is 9.91. The maximum Gasteiger partial charge on any atom is 0.126 e. The molecule has 0 bridgehead atoms. The predicted molar refractivity (Wildman–Crippen MR) is 82.4 cm³/mol. The van der Waals surface area contributed by atoms with Crippen molar-refractivity contribution in [3.63, 3.8) is 0 Å². The van der Waals surface area contributed by atoms with Crippen molar-refractivity contribution < 1.29 is 4.39 Å². The first-order chi connectivity index (χ1) is 9.23. The van der Waals surface area contributed by atoms with Gasteiger partial charge in [0.2, 0.25) is 0 Å². The Morgan fingerprint density at radius 1 is 0.850 bits per heavy atom. The van der Waals surface area contributed by atoms with E-state index in [-0.39, 0.29) is 5.82 Å². The minimum atomic E-state index is -0.697. The Bertz CT molecular complexity index is 657. The van der Waals surface area contributed by atoms with Crippen LogP contribution < -0.4 is 5.73 Å². The van der Waals surface area contributed by atoms with Gasteiger partial charge in [0.1, 0.15) is 5.82 Å². The lowest BCUT2D eigenvalue weighted by Gasteiger charge is -2.29. The normalized spacial score (nSPS) is 14.2. The van der Waals surface area contributed by atoms with Crippen molar-refractivity contribution in [3.05, 3.63) is 69.5 Å². The molecule has 0 spiro atoms. The number of halogens is 1. The standard InChI is InChI=1S/C18H22FN/c1-11-6-7-15(10-17(11)19)18(5,20)16-9-13(3)12(2)8-14(16)4/h6-10H,20H2,1-5H3. The van der Waals surface area contributed by atoms with Gasteiger partial charge in [-0.3, -0.25) is 0 Å². The van der Waals surface area contributed by atoms with E-state index in [4.69, 9.17) is 5.73 Å². The number of benzene rings is 2. The number of hydrogen-bond acceptors (Lipinski definition) is 1. The summed E-state index contributed by atoms with van der Waals surface area (Å²) < 4.78 is 13.8. The molecule has 0 fully saturated rings. The first-order valence-corrected chi connectivity index (χ1v) is 6.87. The van der Waals surface area contributed by atoms with Crippen molar-refractivity contribution in [3.8, 4) is 0 Å². The zero-order valence-electron chi connectivity index (χ0n) is 12.8. The monoisotopic (exact) mass is 271 g/mol. The highest BCUT2D eigenvalue weighted by molar-refractivity contribution is 5.46. The summed E-state index contributed by atoms with van der Waals surface area (Å²) in [7, 11) is 0. The van der Waals surface area contributed by atoms with Crippen LogP contribution in [0.25, 0.3) is 0 Å². The second-order valence-electron chi connectivity index (χ2n) is 5.92. The van der Waals surface area contributed by atoms with E-state index >= 15 is 0 Å². The Kier molecular flexibility index (Phi) is 3.70. The SMILES string of the molecule is Cc1cc(C)c(C(C)(N)c2ccc(C)c(F)c2)cc1C. The van der Waals surface area contributed by atoms with E-state index in [2.05, 4.69) is 32.9 Å². The van der Waals surface area contributed by atoms with Crippen LogP contribution in [0.1, 0.15) is 40.3 Å². The van der Waals surface area contributed by atoms with Gasteiger partial charge in [-0.2, -0.15) is 0 Å². The van der Waals surface area contributed by atoms with E-state index in [9.17, 15) is 4.39 Å². The van der Waals surface area contributed by atoms with E-state index in [0.29, 0.717) is 5.56 Å². The highest BCUT2D eigenvalue weighted by atomic mass is 19.1. The average Bonchev–Trinajstić information content (AvgIpc) is 2.36. The highest BCUT2D eigenvalue weighted by Crippen LogP contribution is 2.31. The minimum Gasteiger partial charge on any atom is -0.318 e. The smallest absolute Gasteiger partial charge is 0.126 e. The molecule has 0 aliphatic heterocycles. The molecule has 2 aromatic carbocycles. The molecule has 2 aromatic rings. The van der Waals surface area contributed by atoms with Crippen molar-refractivity contribution in [2.75, 3.05) is 0 Å². The second-order valence-corrected chi connectivity index (χ2v) is 5.92. The van der Waals surface area contributed by atoms with E-state index in [1.807, 2.05) is 13.0 Å². The second kappa shape index (κ2) is 5.02. The molecule has 1 nitrogen and oxygen atoms in total. The maximum atomic E-state index is 13.8. The summed E-state index contributed by atoms with van der Waals surface area (Å²) in [5, 5.41) is 0. The first-order valence-electron chi connectivity index (χ1n) is 6.87. The molecule has 20 heavy (non-hydrogen) atoms. The van der Waals surface area contributed by atoms with Crippen LogP contribution in [0, 0.1) is 33.5 Å². The maximum absolute atomic E-state index is 13.8. The van der Waals surface area contributed by atoms with Gasteiger partial charge in [0.25, 0.3) is 0 Å². The molecule has 0 saturated carbocycles. The minimum absolute atomic E-state index is 0.208. The molecule has 0 aromatic heterocycles. The summed E-state index contributed by atoms with van der Waals surface area (Å²) in [6, 6.07) is 9.49. The Morgan fingerprint density at radius 2 is 1.45 bits per heavy atom. The molecule has 0 amide bonds. The van der Waals surface area contributed by atoms with Gasteiger partial charge in [0.05, 0.1) is 5.54 Å². The van der Waals surface area contributed by atoms with Gasteiger partial charge in [0.15, 0.2) is 0 Å². The molecule has 106 valence electrons. The van der Waals surface area contributed by atoms with Gasteiger partial charge in [-0.15, -0.1) is 0 Å². The molecule has 1 atom stereocenters. The van der Waals surface area contributed by atoms with Crippen LogP contribution in [0.3, 0.4) is 0 Å². The van der Waals surface area contributed by atoms with Crippen LogP contribution in [-0.4, -0.2) is 0 Å². The van der Waals surface area contributed by atoms with Crippen molar-refractivity contribution in [1.82, 2.24) is 0 Å². The Balaban J connectivity index is 2.59. The van der Waals surface area contributed by atoms with E-state index in [0.717, 1.165) is 16.7 Å². The third-order valence-corrected chi connectivity index (χ3v) is 4.17. The van der Waals surface area contributed by atoms with E-state index < -0.39 is 5.54 Å². The van der Waals surface area contributed by atoms with Crippen molar-refractivity contribution >= 4 is 0 Å². The number of aryl methyl sites for hydroxylation is 4. The molecule has 0 aliphatic carbocycles. The Hall–Kier alpha value is -1.67. The fourth-order valence-electron chi connectivity index (χ4n) is 2.59. The summed E-state index contributed by atoms with van der Waals surface area (Å²) >= 11 is 0. The molecule has 1 unspecified atom stereocenters. The van der Waals surface area contributed by atoms with Crippen molar-refractivity contribution in [2.45, 2.75) is 40.2 Å². The van der Waals surface area contributed by atoms with Crippen LogP contribution in [0.5, 0.6) is 0 Å². The van der Waals surface area contributed by atoms with Gasteiger partial charge >= 0.3 is 0 Å². The van der Waals surface area contributed by atoms with Crippen LogP contribution in [-0.2, 0) is 5.54 Å². The fraction of sp³-hybridized carbons (Fsp3) is 0.333. The lowest BCUT2D eigenvalue weighted by Crippen LogP contribution is -2.35. The quantitative estimate of drug-likeness (QED) is 0.866. The summed E-state index contributed by atoms with van der Waals surface area (Å²) in [6.07, 6.45) is 0. The molecule has 0 radical (unpaired) electrons. The topological polar surface area (TPSA) is 26.0 Å². The van der Waals surface area contributed by atoms with Crippen LogP contribution >= 0.6 is 0 Å². The Labute approximate surface area is 120 Å². The number of nitrogens with two attached hydrogens (primary N) is 1. The summed E-state index contributed by atoms with van der Waals surface area (Å²) in [5.41, 5.74) is 11.9. The number of hydrogen-bond donors (Lipinski definition) is 1. The molecule has 0 aliphatic rings. The van der Waals surface area contributed by atoms with Gasteiger partial charge in [-0.05, 0) is 74.1 Å². The van der Waals surface area contributed by atoms with Crippen molar-refractivity contribution in [1.29, 1.82) is 0 Å². The zero-order chi connectivity index (χ0) is 15.1. The summed E-state index contributed by atoms with van der Waals surface area (Å²) in [5.74, 6) is -0.208. The molecule has 0 saturated heterocycles. The third kappa shape index (κ3) is 2.48. The number of rotatable bonds is 2. The zero-order valence-corrected chi connectivity index (χ0v) is 12.8. The van der Waals surface area contributed by atoms with Gasteiger partial charge < -0.3 is 5.73 Å². The average molecular weight is 271 g/mol. The summed E-state index contributed by atoms with van der Waals surface area (Å²) in [4.78, 5) is 0. The first kappa shape index (κ1) is 14.7. The fourth-order valence-corrected chi connectivity index (χ4v) is 2.59. The van der Waals surface area contributed by atoms with Crippen LogP contribution in [0.15, 0.2) is 30.3 Å². The van der Waals surface area contributed by atoms with Gasteiger partial charge in [-0.25, -0.2) is 4.39 Å². The highest BCUT2D eigenvalue weighted by Gasteiger charge is 2.26. The van der Waals surface area contributed by atoms with E-state index in [1.54, 1.807) is 19.1 Å². The van der Waals surface area contributed by atoms with Crippen LogP contribution in [0.2, 0.25) is 0 Å². The van der Waals surface area contributed by atoms with Gasteiger partial charge in [0, 0.05) is 0 Å². The molecule has 0 heterocycles. The predicted octanol–water partition coefficient (Wildman–Crippen LogP) is 4.28. The Morgan fingerprint density at radius 3 is 2.05 bits per heavy atom. The molecule has 2 N–H and O–H groups in total.